The second kappa shape index (κ2) is 5.07. The van der Waals surface area contributed by atoms with Crippen LogP contribution in [0.2, 0.25) is 0 Å². The smallest absolute Gasteiger partial charge is 0.0559 e. The van der Waals surface area contributed by atoms with Crippen LogP contribution < -0.4 is 5.32 Å². The van der Waals surface area contributed by atoms with E-state index in [2.05, 4.69) is 38.1 Å². The van der Waals surface area contributed by atoms with E-state index in [0.717, 1.165) is 22.3 Å². The summed E-state index contributed by atoms with van der Waals surface area (Å²) in [6.07, 6.45) is 7.25. The Balaban J connectivity index is 2.05. The predicted molar refractivity (Wildman–Crippen MR) is 68.2 cm³/mol. The highest BCUT2D eigenvalue weighted by molar-refractivity contribution is 9.10. The Morgan fingerprint density at radius 1 is 1.25 bits per heavy atom. The van der Waals surface area contributed by atoms with Crippen molar-refractivity contribution in [3.63, 3.8) is 0 Å². The molecule has 0 saturated carbocycles. The van der Waals surface area contributed by atoms with Crippen LogP contribution in [0.25, 0.3) is 0 Å². The summed E-state index contributed by atoms with van der Waals surface area (Å²) in [7, 11) is 0. The number of hydrogen-bond acceptors (Lipinski definition) is 3. The minimum Gasteiger partial charge on any atom is -0.379 e. The summed E-state index contributed by atoms with van der Waals surface area (Å²) in [5, 5.41) is 3.33. The molecule has 1 N–H and O–H groups in total. The minimum absolute atomic E-state index is 0.749. The Labute approximate surface area is 103 Å². The number of pyridine rings is 2. The van der Waals surface area contributed by atoms with E-state index < -0.39 is 0 Å². The molecule has 0 spiro atoms. The van der Waals surface area contributed by atoms with E-state index in [0.29, 0.717) is 0 Å². The normalized spacial score (nSPS) is 10.1. The van der Waals surface area contributed by atoms with Crippen molar-refractivity contribution in [2.45, 2.75) is 13.5 Å². The van der Waals surface area contributed by atoms with Crippen LogP contribution >= 0.6 is 15.9 Å². The van der Waals surface area contributed by atoms with E-state index in [9.17, 15) is 0 Å². The van der Waals surface area contributed by atoms with Crippen molar-refractivity contribution < 1.29 is 0 Å². The van der Waals surface area contributed by atoms with Crippen LogP contribution in [0, 0.1) is 6.92 Å². The fraction of sp³-hybridized carbons (Fsp3) is 0.167. The molecule has 2 aromatic heterocycles. The Morgan fingerprint density at radius 2 is 2.12 bits per heavy atom. The van der Waals surface area contributed by atoms with Gasteiger partial charge >= 0.3 is 0 Å². The molecule has 0 atom stereocenters. The van der Waals surface area contributed by atoms with Crippen LogP contribution in [0.15, 0.2) is 41.4 Å². The molecule has 16 heavy (non-hydrogen) atoms. The lowest BCUT2D eigenvalue weighted by Crippen LogP contribution is -2.01. The zero-order valence-corrected chi connectivity index (χ0v) is 10.5. The highest BCUT2D eigenvalue weighted by atomic mass is 79.9. The lowest BCUT2D eigenvalue weighted by atomic mass is 10.2. The van der Waals surface area contributed by atoms with E-state index >= 15 is 0 Å². The molecular formula is C12H12BrN3. The third kappa shape index (κ3) is 2.79. The summed E-state index contributed by atoms with van der Waals surface area (Å²) < 4.78 is 0.995. The molecule has 3 nitrogen and oxygen atoms in total. The van der Waals surface area contributed by atoms with Crippen molar-refractivity contribution in [2.75, 3.05) is 5.32 Å². The summed E-state index contributed by atoms with van der Waals surface area (Å²) in [5.41, 5.74) is 3.39. The topological polar surface area (TPSA) is 37.8 Å². The van der Waals surface area contributed by atoms with E-state index in [4.69, 9.17) is 0 Å². The molecule has 2 heterocycles. The zero-order chi connectivity index (χ0) is 11.4. The second-order valence-corrected chi connectivity index (χ2v) is 4.47. The molecule has 0 aromatic carbocycles. The van der Waals surface area contributed by atoms with Crippen LogP contribution in [0.5, 0.6) is 0 Å². The summed E-state index contributed by atoms with van der Waals surface area (Å²) in [4.78, 5) is 8.20. The standard InChI is InChI=1S/C12H12BrN3/c1-9-2-3-14-8-12(9)16-6-10-4-11(13)7-15-5-10/h2-5,7-8,16H,6H2,1H3. The average molecular weight is 278 g/mol. The summed E-state index contributed by atoms with van der Waals surface area (Å²) in [6.45, 7) is 2.81. The van der Waals surface area contributed by atoms with Crippen molar-refractivity contribution in [1.82, 2.24) is 9.97 Å². The molecule has 0 saturated heterocycles. The number of halogens is 1. The minimum atomic E-state index is 0.749. The van der Waals surface area contributed by atoms with Gasteiger partial charge in [0.15, 0.2) is 0 Å². The van der Waals surface area contributed by atoms with Gasteiger partial charge in [-0.3, -0.25) is 9.97 Å². The highest BCUT2D eigenvalue weighted by Crippen LogP contribution is 2.14. The van der Waals surface area contributed by atoms with Crippen LogP contribution in [0.3, 0.4) is 0 Å². The molecule has 0 fully saturated rings. The Bertz CT molecular complexity index is 485. The van der Waals surface area contributed by atoms with Gasteiger partial charge in [-0.25, -0.2) is 0 Å². The number of rotatable bonds is 3. The van der Waals surface area contributed by atoms with Crippen molar-refractivity contribution in [3.8, 4) is 0 Å². The Kier molecular flexibility index (Phi) is 3.51. The predicted octanol–water partition coefficient (Wildman–Crippen LogP) is 3.16. The van der Waals surface area contributed by atoms with Gasteiger partial charge in [-0.15, -0.1) is 0 Å². The lowest BCUT2D eigenvalue weighted by Gasteiger charge is -2.08. The van der Waals surface area contributed by atoms with Gasteiger partial charge < -0.3 is 5.32 Å². The fourth-order valence-corrected chi connectivity index (χ4v) is 1.81. The van der Waals surface area contributed by atoms with Crippen molar-refractivity contribution in [1.29, 1.82) is 0 Å². The van der Waals surface area contributed by atoms with E-state index in [1.165, 1.54) is 5.56 Å². The monoisotopic (exact) mass is 277 g/mol. The summed E-state index contributed by atoms with van der Waals surface area (Å²) in [5.74, 6) is 0. The van der Waals surface area contributed by atoms with Gasteiger partial charge in [0.05, 0.1) is 11.9 Å². The van der Waals surface area contributed by atoms with Crippen LogP contribution in [0.1, 0.15) is 11.1 Å². The number of nitrogens with one attached hydrogen (secondary N) is 1. The second-order valence-electron chi connectivity index (χ2n) is 3.56. The van der Waals surface area contributed by atoms with Crippen LogP contribution in [-0.2, 0) is 6.54 Å². The first kappa shape index (κ1) is 11.1. The van der Waals surface area contributed by atoms with Crippen molar-refractivity contribution in [3.05, 3.63) is 52.5 Å². The number of aromatic nitrogens is 2. The third-order valence-corrected chi connectivity index (χ3v) is 2.72. The number of hydrogen-bond donors (Lipinski definition) is 1. The van der Waals surface area contributed by atoms with Gasteiger partial charge in [0.2, 0.25) is 0 Å². The fourth-order valence-electron chi connectivity index (χ4n) is 1.40. The van der Waals surface area contributed by atoms with Gasteiger partial charge in [0.1, 0.15) is 0 Å². The summed E-state index contributed by atoms with van der Waals surface area (Å²) in [6, 6.07) is 4.03. The molecular weight excluding hydrogens is 266 g/mol. The van der Waals surface area contributed by atoms with E-state index in [1.807, 2.05) is 24.5 Å². The van der Waals surface area contributed by atoms with E-state index in [-0.39, 0.29) is 0 Å². The van der Waals surface area contributed by atoms with Gasteiger partial charge in [0.25, 0.3) is 0 Å². The SMILES string of the molecule is Cc1ccncc1NCc1cncc(Br)c1. The molecule has 0 amide bonds. The first-order valence-corrected chi connectivity index (χ1v) is 5.79. The van der Waals surface area contributed by atoms with E-state index in [1.54, 1.807) is 12.4 Å². The third-order valence-electron chi connectivity index (χ3n) is 2.28. The number of nitrogens with zero attached hydrogens (tertiary/aromatic N) is 2. The van der Waals surface area contributed by atoms with Crippen LogP contribution in [-0.4, -0.2) is 9.97 Å². The molecule has 0 unspecified atom stereocenters. The molecule has 0 bridgehead atoms. The van der Waals surface area contributed by atoms with Crippen LogP contribution in [0.4, 0.5) is 5.69 Å². The number of aryl methyl sites for hydroxylation is 1. The lowest BCUT2D eigenvalue weighted by molar-refractivity contribution is 1.09. The zero-order valence-electron chi connectivity index (χ0n) is 8.94. The molecule has 0 aliphatic rings. The van der Waals surface area contributed by atoms with Crippen molar-refractivity contribution >= 4 is 21.6 Å². The van der Waals surface area contributed by atoms with Crippen molar-refractivity contribution in [2.24, 2.45) is 0 Å². The van der Waals surface area contributed by atoms with Gasteiger partial charge in [-0.1, -0.05) is 0 Å². The largest absolute Gasteiger partial charge is 0.379 e. The first-order chi connectivity index (χ1) is 7.75. The maximum atomic E-state index is 4.12. The summed E-state index contributed by atoms with van der Waals surface area (Å²) >= 11 is 3.40. The Hall–Kier alpha value is -1.42. The Morgan fingerprint density at radius 3 is 2.88 bits per heavy atom. The molecule has 2 aromatic rings. The molecule has 0 aliphatic heterocycles. The van der Waals surface area contributed by atoms with Gasteiger partial charge in [-0.2, -0.15) is 0 Å². The van der Waals surface area contributed by atoms with Gasteiger partial charge in [-0.05, 0) is 46.1 Å². The molecule has 82 valence electrons. The molecule has 2 rings (SSSR count). The maximum absolute atomic E-state index is 4.12. The first-order valence-electron chi connectivity index (χ1n) is 4.99. The highest BCUT2D eigenvalue weighted by Gasteiger charge is 1.98. The molecule has 0 aliphatic carbocycles. The quantitative estimate of drug-likeness (QED) is 0.937. The average Bonchev–Trinajstić information content (AvgIpc) is 2.28. The molecule has 4 heteroatoms. The number of anilines is 1. The maximum Gasteiger partial charge on any atom is 0.0559 e. The van der Waals surface area contributed by atoms with Gasteiger partial charge in [0, 0.05) is 29.6 Å². The molecule has 0 radical (unpaired) electrons.